The van der Waals surface area contributed by atoms with Crippen LogP contribution in [0.3, 0.4) is 0 Å². The summed E-state index contributed by atoms with van der Waals surface area (Å²) in [4.78, 5) is 41.1. The predicted molar refractivity (Wildman–Crippen MR) is 135 cm³/mol. The van der Waals surface area contributed by atoms with E-state index in [-0.39, 0.29) is 30.0 Å². The molecule has 1 N–H and O–H groups in total. The van der Waals surface area contributed by atoms with E-state index in [2.05, 4.69) is 18.3 Å². The normalized spacial score (nSPS) is 17.0. The molecule has 7 nitrogen and oxygen atoms in total. The number of anilines is 1. The first kappa shape index (κ1) is 24.8. The number of nitrogens with one attached hydrogen (secondary N) is 1. The molecule has 3 amide bonds. The zero-order valence-corrected chi connectivity index (χ0v) is 20.7. The molecule has 1 fully saturated rings. The van der Waals surface area contributed by atoms with E-state index >= 15 is 0 Å². The van der Waals surface area contributed by atoms with Crippen LogP contribution in [0.5, 0.6) is 5.75 Å². The topological polar surface area (TPSA) is 79.0 Å². The highest BCUT2D eigenvalue weighted by Crippen LogP contribution is 2.32. The lowest BCUT2D eigenvalue weighted by Crippen LogP contribution is -2.50. The minimum Gasteiger partial charge on any atom is -0.471 e. The third-order valence-corrected chi connectivity index (χ3v) is 6.81. The van der Waals surface area contributed by atoms with Crippen molar-refractivity contribution in [2.75, 3.05) is 18.0 Å². The Morgan fingerprint density at radius 2 is 1.77 bits per heavy atom. The van der Waals surface area contributed by atoms with Crippen LogP contribution in [-0.4, -0.2) is 48.0 Å². The summed E-state index contributed by atoms with van der Waals surface area (Å²) in [6, 6.07) is 15.4. The Morgan fingerprint density at radius 3 is 2.46 bits per heavy atom. The minimum absolute atomic E-state index is 0.00948. The molecular weight excluding hydrogens is 442 g/mol. The molecule has 7 heteroatoms. The van der Waals surface area contributed by atoms with Gasteiger partial charge in [0, 0.05) is 50.1 Å². The van der Waals surface area contributed by atoms with Gasteiger partial charge in [-0.2, -0.15) is 0 Å². The van der Waals surface area contributed by atoms with Gasteiger partial charge in [-0.15, -0.1) is 0 Å². The molecule has 0 bridgehead atoms. The summed E-state index contributed by atoms with van der Waals surface area (Å²) in [5.74, 6) is 0.666. The highest BCUT2D eigenvalue weighted by atomic mass is 16.5. The fourth-order valence-corrected chi connectivity index (χ4v) is 4.98. The fourth-order valence-electron chi connectivity index (χ4n) is 4.98. The third kappa shape index (κ3) is 6.02. The van der Waals surface area contributed by atoms with E-state index in [0.29, 0.717) is 30.8 Å². The number of unbranched alkanes of at least 4 members (excludes halogenated alkanes) is 1. The first-order valence-corrected chi connectivity index (χ1v) is 12.7. The molecule has 4 rings (SSSR count). The number of carbonyl (C=O) groups excluding carboxylic acids is 3. The average Bonchev–Trinajstić information content (AvgIpc) is 2.87. The van der Waals surface area contributed by atoms with Crippen LogP contribution >= 0.6 is 0 Å². The van der Waals surface area contributed by atoms with Crippen molar-refractivity contribution in [3.8, 4) is 5.75 Å². The molecule has 0 radical (unpaired) electrons. The molecule has 2 aromatic rings. The zero-order chi connectivity index (χ0) is 24.8. The van der Waals surface area contributed by atoms with Gasteiger partial charge in [0.15, 0.2) is 6.23 Å². The summed E-state index contributed by atoms with van der Waals surface area (Å²) in [7, 11) is 0. The standard InChI is InChI=1S/C28H35N3O4/c1-3-4-9-26(29-20(2)32)35-24-13-10-22(11-14-24)28(34)30-18-16-23(17-19-30)31-25-8-6-5-7-21(25)12-15-27(31)33/h5-8,10-11,13-14,23,26H,3-4,9,12,15-19H2,1-2H3,(H,29,32). The number of amides is 3. The lowest BCUT2D eigenvalue weighted by molar-refractivity contribution is -0.121. The summed E-state index contributed by atoms with van der Waals surface area (Å²) in [6.07, 6.45) is 5.20. The van der Waals surface area contributed by atoms with Crippen molar-refractivity contribution < 1.29 is 19.1 Å². The number of hydrogen-bond acceptors (Lipinski definition) is 4. The average molecular weight is 478 g/mol. The van der Waals surface area contributed by atoms with Gasteiger partial charge in [0.25, 0.3) is 5.91 Å². The van der Waals surface area contributed by atoms with Crippen LogP contribution in [0.1, 0.15) is 68.3 Å². The molecule has 2 aromatic carbocycles. The van der Waals surface area contributed by atoms with Gasteiger partial charge in [0.1, 0.15) is 5.75 Å². The molecule has 1 unspecified atom stereocenters. The van der Waals surface area contributed by atoms with Gasteiger partial charge in [-0.1, -0.05) is 31.5 Å². The van der Waals surface area contributed by atoms with E-state index < -0.39 is 0 Å². The maximum atomic E-state index is 13.1. The lowest BCUT2D eigenvalue weighted by Gasteiger charge is -2.41. The first-order valence-electron chi connectivity index (χ1n) is 12.7. The highest BCUT2D eigenvalue weighted by molar-refractivity contribution is 5.97. The van der Waals surface area contributed by atoms with Crippen molar-refractivity contribution in [2.24, 2.45) is 0 Å². The largest absolute Gasteiger partial charge is 0.471 e. The summed E-state index contributed by atoms with van der Waals surface area (Å²) in [5, 5.41) is 2.83. The van der Waals surface area contributed by atoms with Gasteiger partial charge < -0.3 is 19.9 Å². The second-order valence-corrected chi connectivity index (χ2v) is 9.39. The molecule has 0 spiro atoms. The summed E-state index contributed by atoms with van der Waals surface area (Å²) in [5.41, 5.74) is 2.86. The smallest absolute Gasteiger partial charge is 0.253 e. The highest BCUT2D eigenvalue weighted by Gasteiger charge is 2.33. The Morgan fingerprint density at radius 1 is 1.06 bits per heavy atom. The maximum absolute atomic E-state index is 13.1. The van der Waals surface area contributed by atoms with Crippen LogP contribution in [0, 0.1) is 0 Å². The number of piperidine rings is 1. The van der Waals surface area contributed by atoms with Crippen molar-refractivity contribution in [1.29, 1.82) is 0 Å². The Balaban J connectivity index is 1.35. The monoisotopic (exact) mass is 477 g/mol. The number of fused-ring (bicyclic) bond motifs is 1. The van der Waals surface area contributed by atoms with E-state index in [1.54, 1.807) is 24.3 Å². The van der Waals surface area contributed by atoms with Crippen LogP contribution in [-0.2, 0) is 16.0 Å². The fraction of sp³-hybridized carbons (Fsp3) is 0.464. The van der Waals surface area contributed by atoms with E-state index in [1.807, 2.05) is 28.0 Å². The molecule has 0 saturated carbocycles. The molecule has 1 atom stereocenters. The first-order chi connectivity index (χ1) is 17.0. The molecule has 2 aliphatic heterocycles. The number of rotatable bonds is 8. The van der Waals surface area contributed by atoms with E-state index in [0.717, 1.165) is 44.2 Å². The second-order valence-electron chi connectivity index (χ2n) is 9.39. The molecule has 186 valence electrons. The minimum atomic E-state index is -0.379. The number of likely N-dealkylation sites (tertiary alicyclic amines) is 1. The van der Waals surface area contributed by atoms with Crippen LogP contribution in [0.4, 0.5) is 5.69 Å². The van der Waals surface area contributed by atoms with Crippen molar-refractivity contribution in [3.63, 3.8) is 0 Å². The SMILES string of the molecule is CCCCC(NC(C)=O)Oc1ccc(C(=O)N2CCC(N3C(=O)CCc4ccccc43)CC2)cc1. The number of carbonyl (C=O) groups is 3. The Kier molecular flexibility index (Phi) is 8.06. The number of hydrogen-bond donors (Lipinski definition) is 1. The molecular formula is C28H35N3O4. The van der Waals surface area contributed by atoms with Crippen LogP contribution in [0.2, 0.25) is 0 Å². The van der Waals surface area contributed by atoms with Gasteiger partial charge >= 0.3 is 0 Å². The van der Waals surface area contributed by atoms with Gasteiger partial charge in [0.05, 0.1) is 0 Å². The molecule has 2 aliphatic rings. The van der Waals surface area contributed by atoms with Gasteiger partial charge in [0.2, 0.25) is 11.8 Å². The summed E-state index contributed by atoms with van der Waals surface area (Å²) < 4.78 is 5.93. The van der Waals surface area contributed by atoms with E-state index in [1.165, 1.54) is 12.5 Å². The second kappa shape index (κ2) is 11.4. The molecule has 2 heterocycles. The summed E-state index contributed by atoms with van der Waals surface area (Å²) >= 11 is 0. The van der Waals surface area contributed by atoms with Gasteiger partial charge in [-0.25, -0.2) is 0 Å². The Bertz CT molecular complexity index is 1040. The number of nitrogens with zero attached hydrogens (tertiary/aromatic N) is 2. The van der Waals surface area contributed by atoms with Crippen LogP contribution in [0.15, 0.2) is 48.5 Å². The van der Waals surface area contributed by atoms with Gasteiger partial charge in [-0.05, 0) is 61.6 Å². The molecule has 1 saturated heterocycles. The van der Waals surface area contributed by atoms with Crippen LogP contribution in [0.25, 0.3) is 0 Å². The van der Waals surface area contributed by atoms with Crippen molar-refractivity contribution in [3.05, 3.63) is 59.7 Å². The number of para-hydroxylation sites is 1. The van der Waals surface area contributed by atoms with Crippen molar-refractivity contribution in [1.82, 2.24) is 10.2 Å². The van der Waals surface area contributed by atoms with E-state index in [9.17, 15) is 14.4 Å². The third-order valence-electron chi connectivity index (χ3n) is 6.81. The molecule has 0 aliphatic carbocycles. The Hall–Kier alpha value is -3.35. The number of ether oxygens (including phenoxy) is 1. The number of benzene rings is 2. The van der Waals surface area contributed by atoms with E-state index in [4.69, 9.17) is 4.74 Å². The number of aryl methyl sites for hydroxylation is 1. The van der Waals surface area contributed by atoms with Crippen LogP contribution < -0.4 is 15.0 Å². The molecule has 35 heavy (non-hydrogen) atoms. The van der Waals surface area contributed by atoms with Crippen molar-refractivity contribution >= 4 is 23.4 Å². The maximum Gasteiger partial charge on any atom is 0.253 e. The quantitative estimate of drug-likeness (QED) is 0.575. The zero-order valence-electron chi connectivity index (χ0n) is 20.7. The predicted octanol–water partition coefficient (Wildman–Crippen LogP) is 4.30. The Labute approximate surface area is 207 Å². The lowest BCUT2D eigenvalue weighted by atomic mass is 9.95. The summed E-state index contributed by atoms with van der Waals surface area (Å²) in [6.45, 7) is 4.81. The molecule has 0 aromatic heterocycles. The van der Waals surface area contributed by atoms with Gasteiger partial charge in [-0.3, -0.25) is 14.4 Å². The van der Waals surface area contributed by atoms with Crippen molar-refractivity contribution in [2.45, 2.75) is 71.1 Å².